The number of hydrogen-bond acceptors (Lipinski definition) is 0. The van der Waals surface area contributed by atoms with Crippen LogP contribution < -0.4 is 0 Å². The van der Waals surface area contributed by atoms with E-state index in [0.29, 0.717) is 5.92 Å². The van der Waals surface area contributed by atoms with Gasteiger partial charge in [0.05, 0.1) is 0 Å². The molecule has 0 amide bonds. The van der Waals surface area contributed by atoms with Gasteiger partial charge in [-0.1, -0.05) is 73.7 Å². The van der Waals surface area contributed by atoms with Crippen LogP contribution in [-0.2, 0) is 0 Å². The van der Waals surface area contributed by atoms with Crippen LogP contribution >= 0.6 is 0 Å². The molecule has 0 bridgehead atoms. The predicted octanol–water partition coefficient (Wildman–Crippen LogP) is 5.19. The van der Waals surface area contributed by atoms with Crippen LogP contribution in [0.4, 0.5) is 0 Å². The number of fused-ring (bicyclic) bond motifs is 2. The highest BCUT2D eigenvalue weighted by Gasteiger charge is 2.27. The molecule has 2 aliphatic carbocycles. The Balaban J connectivity index is 2.24. The Morgan fingerprint density at radius 1 is 1.05 bits per heavy atom. The van der Waals surface area contributed by atoms with Gasteiger partial charge in [0.2, 0.25) is 0 Å². The topological polar surface area (TPSA) is 0 Å². The van der Waals surface area contributed by atoms with Crippen molar-refractivity contribution in [3.05, 3.63) is 89.1 Å². The van der Waals surface area contributed by atoms with Crippen molar-refractivity contribution >= 4 is 5.57 Å². The molecular formula is C19H18. The number of hydrogen-bond donors (Lipinski definition) is 0. The molecule has 0 heteroatoms. The summed E-state index contributed by atoms with van der Waals surface area (Å²) in [5, 5.41) is 0. The molecule has 0 radical (unpaired) electrons. The fourth-order valence-electron chi connectivity index (χ4n) is 3.03. The smallest absolute Gasteiger partial charge is 0.00792 e. The highest BCUT2D eigenvalue weighted by atomic mass is 14.3. The Kier molecular flexibility index (Phi) is 3.08. The van der Waals surface area contributed by atoms with E-state index in [4.69, 9.17) is 0 Å². The largest absolute Gasteiger partial charge is 0.0871 e. The molecule has 0 nitrogen and oxygen atoms in total. The third kappa shape index (κ3) is 1.94. The van der Waals surface area contributed by atoms with Crippen LogP contribution in [0.3, 0.4) is 0 Å². The van der Waals surface area contributed by atoms with E-state index in [0.717, 1.165) is 0 Å². The summed E-state index contributed by atoms with van der Waals surface area (Å²) in [6, 6.07) is 8.75. The van der Waals surface area contributed by atoms with E-state index in [1.807, 2.05) is 0 Å². The summed E-state index contributed by atoms with van der Waals surface area (Å²) >= 11 is 0. The van der Waals surface area contributed by atoms with E-state index >= 15 is 0 Å². The molecule has 0 spiro atoms. The highest BCUT2D eigenvalue weighted by Crippen LogP contribution is 2.45. The molecule has 0 heterocycles. The minimum atomic E-state index is 0.463. The van der Waals surface area contributed by atoms with Crippen LogP contribution in [0.5, 0.6) is 0 Å². The fraction of sp³-hybridized carbons (Fsp3) is 0.158. The van der Waals surface area contributed by atoms with Crippen LogP contribution in [0.1, 0.15) is 30.9 Å². The van der Waals surface area contributed by atoms with E-state index in [1.54, 1.807) is 0 Å². The van der Waals surface area contributed by atoms with E-state index in [9.17, 15) is 0 Å². The molecular weight excluding hydrogens is 228 g/mol. The van der Waals surface area contributed by atoms with Crippen LogP contribution in [0.15, 0.2) is 77.9 Å². The molecule has 1 atom stereocenters. The monoisotopic (exact) mass is 246 g/mol. The molecule has 1 aromatic rings. The molecule has 0 saturated carbocycles. The molecule has 0 aromatic heterocycles. The Bertz CT molecular complexity index is 648. The van der Waals surface area contributed by atoms with Gasteiger partial charge in [0, 0.05) is 5.92 Å². The number of rotatable bonds is 1. The van der Waals surface area contributed by atoms with E-state index < -0.39 is 0 Å². The molecule has 1 aromatic carbocycles. The van der Waals surface area contributed by atoms with Crippen molar-refractivity contribution in [3.8, 4) is 0 Å². The van der Waals surface area contributed by atoms with Crippen molar-refractivity contribution in [1.82, 2.24) is 0 Å². The van der Waals surface area contributed by atoms with Crippen LogP contribution in [0, 0.1) is 0 Å². The van der Waals surface area contributed by atoms with Gasteiger partial charge in [0.1, 0.15) is 0 Å². The lowest BCUT2D eigenvalue weighted by Gasteiger charge is -2.13. The second-order valence-electron chi connectivity index (χ2n) is 5.00. The summed E-state index contributed by atoms with van der Waals surface area (Å²) in [5.41, 5.74) is 6.96. The molecule has 3 rings (SSSR count). The molecule has 94 valence electrons. The quantitative estimate of drug-likeness (QED) is 0.640. The summed E-state index contributed by atoms with van der Waals surface area (Å²) in [7, 11) is 0. The lowest BCUT2D eigenvalue weighted by atomic mass is 9.91. The zero-order valence-electron chi connectivity index (χ0n) is 11.4. The van der Waals surface area contributed by atoms with E-state index in [2.05, 4.69) is 80.6 Å². The third-order valence-electron chi connectivity index (χ3n) is 3.86. The summed E-state index contributed by atoms with van der Waals surface area (Å²) in [6.45, 7) is 4.38. The van der Waals surface area contributed by atoms with Crippen molar-refractivity contribution < 1.29 is 0 Å². The first-order valence-corrected chi connectivity index (χ1v) is 6.84. The number of benzene rings is 1. The maximum atomic E-state index is 2.30. The first kappa shape index (κ1) is 12.0. The van der Waals surface area contributed by atoms with E-state index in [-0.39, 0.29) is 0 Å². The number of allylic oxidation sites excluding steroid dienone is 10. The molecule has 0 saturated heterocycles. The van der Waals surface area contributed by atoms with Gasteiger partial charge in [-0.3, -0.25) is 0 Å². The maximum Gasteiger partial charge on any atom is 0.00792 e. The summed E-state index contributed by atoms with van der Waals surface area (Å²) in [6.07, 6.45) is 15.1. The predicted molar refractivity (Wildman–Crippen MR) is 83.0 cm³/mol. The maximum absolute atomic E-state index is 2.30. The van der Waals surface area contributed by atoms with Gasteiger partial charge in [-0.25, -0.2) is 0 Å². The summed E-state index contributed by atoms with van der Waals surface area (Å²) in [4.78, 5) is 0. The Hall–Kier alpha value is -2.08. The van der Waals surface area contributed by atoms with Crippen LogP contribution in [0.25, 0.3) is 5.57 Å². The minimum Gasteiger partial charge on any atom is -0.0871 e. The van der Waals surface area contributed by atoms with Crippen molar-refractivity contribution in [1.29, 1.82) is 0 Å². The normalized spacial score (nSPS) is 27.3. The second-order valence-corrected chi connectivity index (χ2v) is 5.00. The van der Waals surface area contributed by atoms with Gasteiger partial charge in [0.15, 0.2) is 0 Å². The van der Waals surface area contributed by atoms with Crippen molar-refractivity contribution in [2.24, 2.45) is 0 Å². The Labute approximate surface area is 115 Å². The van der Waals surface area contributed by atoms with E-state index in [1.165, 1.54) is 27.8 Å². The Morgan fingerprint density at radius 2 is 1.89 bits per heavy atom. The lowest BCUT2D eigenvalue weighted by Crippen LogP contribution is -1.96. The zero-order chi connectivity index (χ0) is 13.2. The highest BCUT2D eigenvalue weighted by molar-refractivity contribution is 5.88. The molecule has 0 N–H and O–H groups in total. The second kappa shape index (κ2) is 4.89. The molecule has 2 aliphatic rings. The standard InChI is InChI=1S/C19H18/c1-3-9-15-10-5-4-6-13-18-17-12-8-7-11-16(17)14(2)19(15)18/h3-14H,1-2H3/b5-4-,6-4?,9-3-,10-5?,13-6-,15-10-,18-13?,19-15?. The van der Waals surface area contributed by atoms with Gasteiger partial charge >= 0.3 is 0 Å². The molecule has 19 heavy (non-hydrogen) atoms. The van der Waals surface area contributed by atoms with Crippen LogP contribution in [-0.4, -0.2) is 0 Å². The first-order valence-electron chi connectivity index (χ1n) is 6.84. The average Bonchev–Trinajstić information content (AvgIpc) is 2.67. The molecule has 0 aliphatic heterocycles. The minimum absolute atomic E-state index is 0.463. The average molecular weight is 246 g/mol. The van der Waals surface area contributed by atoms with Gasteiger partial charge < -0.3 is 0 Å². The van der Waals surface area contributed by atoms with Crippen molar-refractivity contribution in [2.45, 2.75) is 19.8 Å². The zero-order valence-corrected chi connectivity index (χ0v) is 11.4. The summed E-state index contributed by atoms with van der Waals surface area (Å²) < 4.78 is 0. The van der Waals surface area contributed by atoms with Gasteiger partial charge in [-0.15, -0.1) is 0 Å². The fourth-order valence-corrected chi connectivity index (χ4v) is 3.03. The molecule has 1 unspecified atom stereocenters. The van der Waals surface area contributed by atoms with Crippen molar-refractivity contribution in [2.75, 3.05) is 0 Å². The van der Waals surface area contributed by atoms with Gasteiger partial charge in [0.25, 0.3) is 0 Å². The van der Waals surface area contributed by atoms with Gasteiger partial charge in [-0.2, -0.15) is 0 Å². The lowest BCUT2D eigenvalue weighted by molar-refractivity contribution is 0.935. The summed E-state index contributed by atoms with van der Waals surface area (Å²) in [5.74, 6) is 0.463. The third-order valence-corrected chi connectivity index (χ3v) is 3.86. The first-order chi connectivity index (χ1) is 9.33. The van der Waals surface area contributed by atoms with Crippen LogP contribution in [0.2, 0.25) is 0 Å². The molecule has 0 fully saturated rings. The van der Waals surface area contributed by atoms with Crippen molar-refractivity contribution in [3.63, 3.8) is 0 Å². The Morgan fingerprint density at radius 3 is 2.74 bits per heavy atom. The van der Waals surface area contributed by atoms with Gasteiger partial charge in [-0.05, 0) is 34.8 Å². The SMILES string of the molecule is C\C=C/C1=C/C=C\C=C/C2=C1C(C)c1ccccc12.